The summed E-state index contributed by atoms with van der Waals surface area (Å²) in [5.74, 6) is -0.492. The lowest BCUT2D eigenvalue weighted by Gasteiger charge is -2.25. The van der Waals surface area contributed by atoms with Crippen LogP contribution in [0.5, 0.6) is 0 Å². The number of hydrogen-bond acceptors (Lipinski definition) is 5. The van der Waals surface area contributed by atoms with E-state index in [1.165, 1.54) is 10.9 Å². The van der Waals surface area contributed by atoms with Crippen molar-refractivity contribution in [3.8, 4) is 5.69 Å². The Hall–Kier alpha value is -3.68. The molecule has 1 amide bonds. The minimum absolute atomic E-state index is 0.0463. The van der Waals surface area contributed by atoms with E-state index in [4.69, 9.17) is 4.42 Å². The smallest absolute Gasteiger partial charge is 0.408 e. The lowest BCUT2D eigenvalue weighted by Crippen LogP contribution is -2.31. The molecular formula is C21H21N5O3. The number of oxazole rings is 1. The van der Waals surface area contributed by atoms with Crippen LogP contribution >= 0.6 is 0 Å². The van der Waals surface area contributed by atoms with Crippen LogP contribution in [0.3, 0.4) is 0 Å². The third-order valence-corrected chi connectivity index (χ3v) is 5.16. The Kier molecular flexibility index (Phi) is 4.99. The Morgan fingerprint density at radius 3 is 2.66 bits per heavy atom. The highest BCUT2D eigenvalue weighted by Gasteiger charge is 2.18. The Bertz CT molecular complexity index is 1180. The van der Waals surface area contributed by atoms with Gasteiger partial charge in [-0.25, -0.2) is 14.5 Å². The van der Waals surface area contributed by atoms with Crippen molar-refractivity contribution in [2.24, 2.45) is 0 Å². The fraction of sp³-hybridized carbons (Fsp3) is 0.238. The summed E-state index contributed by atoms with van der Waals surface area (Å²) >= 11 is 0. The number of para-hydroxylation sites is 2. The van der Waals surface area contributed by atoms with E-state index in [0.29, 0.717) is 11.1 Å². The Morgan fingerprint density at radius 1 is 1.17 bits per heavy atom. The molecule has 0 saturated carbocycles. The van der Waals surface area contributed by atoms with Crippen molar-refractivity contribution < 1.29 is 9.21 Å². The monoisotopic (exact) mass is 391 g/mol. The maximum absolute atomic E-state index is 12.7. The van der Waals surface area contributed by atoms with E-state index in [9.17, 15) is 9.59 Å². The minimum atomic E-state index is -0.446. The molecule has 0 spiro atoms. The van der Waals surface area contributed by atoms with Crippen LogP contribution in [0.2, 0.25) is 0 Å². The van der Waals surface area contributed by atoms with Gasteiger partial charge in [-0.15, -0.1) is 0 Å². The zero-order chi connectivity index (χ0) is 20.4. The van der Waals surface area contributed by atoms with Gasteiger partial charge in [0.05, 0.1) is 17.2 Å². The van der Waals surface area contributed by atoms with Gasteiger partial charge in [0, 0.05) is 20.0 Å². The fourth-order valence-corrected chi connectivity index (χ4v) is 3.30. The molecule has 4 aromatic rings. The van der Waals surface area contributed by atoms with Crippen LogP contribution in [-0.4, -0.2) is 37.2 Å². The first-order valence-electron chi connectivity index (χ1n) is 9.33. The molecule has 0 fully saturated rings. The number of fused-ring (bicyclic) bond motifs is 1. The van der Waals surface area contributed by atoms with Crippen molar-refractivity contribution in [3.63, 3.8) is 0 Å². The second kappa shape index (κ2) is 7.75. The van der Waals surface area contributed by atoms with E-state index < -0.39 is 5.76 Å². The number of amides is 1. The average Bonchev–Trinajstić information content (AvgIpc) is 3.39. The molecule has 0 saturated heterocycles. The largest absolute Gasteiger partial charge is 0.419 e. The molecule has 2 aromatic heterocycles. The topological polar surface area (TPSA) is 86.2 Å². The quantitative estimate of drug-likeness (QED) is 0.504. The zero-order valence-electron chi connectivity index (χ0n) is 16.2. The molecule has 0 aliphatic carbocycles. The highest BCUT2D eigenvalue weighted by Crippen LogP contribution is 2.21. The van der Waals surface area contributed by atoms with Crippen LogP contribution in [0.4, 0.5) is 0 Å². The first-order valence-corrected chi connectivity index (χ1v) is 9.33. The molecular weight excluding hydrogens is 370 g/mol. The Labute approximate surface area is 167 Å². The first kappa shape index (κ1) is 18.7. The highest BCUT2D eigenvalue weighted by molar-refractivity contribution is 5.77. The Balaban J connectivity index is 1.43. The molecule has 8 heteroatoms. The van der Waals surface area contributed by atoms with E-state index in [2.05, 4.69) is 10.1 Å². The molecule has 29 heavy (non-hydrogen) atoms. The van der Waals surface area contributed by atoms with Gasteiger partial charge >= 0.3 is 5.76 Å². The van der Waals surface area contributed by atoms with Gasteiger partial charge in [0.25, 0.3) is 0 Å². The minimum Gasteiger partial charge on any atom is -0.408 e. The van der Waals surface area contributed by atoms with Crippen LogP contribution in [-0.2, 0) is 11.3 Å². The zero-order valence-corrected chi connectivity index (χ0v) is 16.2. The molecule has 1 atom stereocenters. The van der Waals surface area contributed by atoms with E-state index in [1.54, 1.807) is 29.0 Å². The summed E-state index contributed by atoms with van der Waals surface area (Å²) in [6.07, 6.45) is 3.33. The molecule has 0 aliphatic rings. The number of rotatable bonds is 6. The second-order valence-electron chi connectivity index (χ2n) is 6.85. The molecule has 0 aliphatic heterocycles. The lowest BCUT2D eigenvalue weighted by molar-refractivity contribution is -0.132. The van der Waals surface area contributed by atoms with Crippen molar-refractivity contribution in [2.75, 3.05) is 7.05 Å². The summed E-state index contributed by atoms with van der Waals surface area (Å²) in [6, 6.07) is 14.9. The number of carbonyl (C=O) groups is 1. The maximum Gasteiger partial charge on any atom is 0.419 e. The molecule has 0 bridgehead atoms. The second-order valence-corrected chi connectivity index (χ2v) is 6.85. The molecule has 0 N–H and O–H groups in total. The van der Waals surface area contributed by atoms with Gasteiger partial charge in [-0.3, -0.25) is 9.36 Å². The predicted molar refractivity (Wildman–Crippen MR) is 108 cm³/mol. The van der Waals surface area contributed by atoms with E-state index in [1.807, 2.05) is 49.4 Å². The van der Waals surface area contributed by atoms with Crippen LogP contribution < -0.4 is 5.76 Å². The van der Waals surface area contributed by atoms with E-state index >= 15 is 0 Å². The third kappa shape index (κ3) is 3.69. The van der Waals surface area contributed by atoms with Crippen molar-refractivity contribution in [2.45, 2.75) is 25.9 Å². The van der Waals surface area contributed by atoms with Crippen molar-refractivity contribution in [1.29, 1.82) is 0 Å². The van der Waals surface area contributed by atoms with Gasteiger partial charge in [-0.2, -0.15) is 5.10 Å². The molecule has 0 radical (unpaired) electrons. The summed E-state index contributed by atoms with van der Waals surface area (Å²) in [4.78, 5) is 30.4. The van der Waals surface area contributed by atoms with E-state index in [0.717, 1.165) is 11.3 Å². The van der Waals surface area contributed by atoms with Crippen molar-refractivity contribution in [3.05, 3.63) is 77.3 Å². The van der Waals surface area contributed by atoms with Gasteiger partial charge in [-0.05, 0) is 36.8 Å². The molecule has 2 aromatic carbocycles. The normalized spacial score (nSPS) is 12.2. The molecule has 2 heterocycles. The third-order valence-electron chi connectivity index (χ3n) is 5.16. The van der Waals surface area contributed by atoms with E-state index in [-0.39, 0.29) is 24.9 Å². The number of aromatic nitrogens is 4. The highest BCUT2D eigenvalue weighted by atomic mass is 16.4. The van der Waals surface area contributed by atoms with Crippen molar-refractivity contribution >= 4 is 17.0 Å². The Morgan fingerprint density at radius 2 is 1.93 bits per heavy atom. The van der Waals surface area contributed by atoms with Crippen LogP contribution in [0.1, 0.15) is 24.9 Å². The lowest BCUT2D eigenvalue weighted by atomic mass is 10.1. The fourth-order valence-electron chi connectivity index (χ4n) is 3.30. The summed E-state index contributed by atoms with van der Waals surface area (Å²) in [7, 11) is 1.77. The summed E-state index contributed by atoms with van der Waals surface area (Å²) < 4.78 is 8.40. The molecule has 0 unspecified atom stereocenters. The standard InChI is InChI=1S/C21H21N5O3/c1-15(16-7-9-17(10-8-16)26-14-22-13-23-26)24(2)20(27)11-12-25-18-5-3-4-6-19(18)29-21(25)28/h3-10,13-15H,11-12H2,1-2H3/t15-/m1/s1. The predicted octanol–water partition coefficient (Wildman–Crippen LogP) is 2.78. The molecule has 4 rings (SSSR count). The van der Waals surface area contributed by atoms with Crippen LogP contribution in [0.15, 0.2) is 70.4 Å². The van der Waals surface area contributed by atoms with Gasteiger partial charge < -0.3 is 9.32 Å². The number of carbonyl (C=O) groups excluding carboxylic acids is 1. The summed E-state index contributed by atoms with van der Waals surface area (Å²) in [5.41, 5.74) is 3.14. The summed E-state index contributed by atoms with van der Waals surface area (Å²) in [5, 5.41) is 4.11. The molecule has 148 valence electrons. The van der Waals surface area contributed by atoms with Crippen LogP contribution in [0, 0.1) is 0 Å². The van der Waals surface area contributed by atoms with Gasteiger partial charge in [-0.1, -0.05) is 24.3 Å². The van der Waals surface area contributed by atoms with Crippen molar-refractivity contribution in [1.82, 2.24) is 24.2 Å². The van der Waals surface area contributed by atoms with Crippen LogP contribution in [0.25, 0.3) is 16.8 Å². The SMILES string of the molecule is C[C@H](c1ccc(-n2cncn2)cc1)N(C)C(=O)CCn1c(=O)oc2ccccc21. The number of aryl methyl sites for hydroxylation is 1. The molecule has 8 nitrogen and oxygen atoms in total. The number of benzene rings is 2. The van der Waals surface area contributed by atoms with Gasteiger partial charge in [0.15, 0.2) is 5.58 Å². The summed E-state index contributed by atoms with van der Waals surface area (Å²) in [6.45, 7) is 2.25. The van der Waals surface area contributed by atoms with Gasteiger partial charge in [0.2, 0.25) is 5.91 Å². The average molecular weight is 391 g/mol. The maximum atomic E-state index is 12.7. The number of hydrogen-bond donors (Lipinski definition) is 0. The van der Waals surface area contributed by atoms with Gasteiger partial charge in [0.1, 0.15) is 12.7 Å². The first-order chi connectivity index (χ1) is 14.0. The number of nitrogens with zero attached hydrogens (tertiary/aromatic N) is 5.